The van der Waals surface area contributed by atoms with Gasteiger partial charge in [0.2, 0.25) is 0 Å². The van der Waals surface area contributed by atoms with Crippen molar-refractivity contribution in [1.29, 1.82) is 0 Å². The third-order valence-corrected chi connectivity index (χ3v) is 3.06. The van der Waals surface area contributed by atoms with Gasteiger partial charge in [0.15, 0.2) is 0 Å². The van der Waals surface area contributed by atoms with Crippen LogP contribution in [0.1, 0.15) is 26.2 Å². The fourth-order valence-corrected chi connectivity index (χ4v) is 2.25. The molecule has 1 fully saturated rings. The van der Waals surface area contributed by atoms with E-state index in [1.54, 1.807) is 0 Å². The number of rotatable bonds is 1. The van der Waals surface area contributed by atoms with Gasteiger partial charge in [-0.15, -0.1) is 0 Å². The van der Waals surface area contributed by atoms with Crippen molar-refractivity contribution in [3.8, 4) is 0 Å². The first-order valence-electron chi connectivity index (χ1n) is 3.35. The lowest BCUT2D eigenvalue weighted by Gasteiger charge is -2.02. The SMILES string of the molecule is CC1CCC(S(N)=O)C1. The summed E-state index contributed by atoms with van der Waals surface area (Å²) < 4.78 is 10.7. The molecule has 0 saturated heterocycles. The molecule has 54 valence electrons. The number of hydrogen-bond acceptors (Lipinski definition) is 1. The topological polar surface area (TPSA) is 43.1 Å². The average molecular weight is 147 g/mol. The monoisotopic (exact) mass is 147 g/mol. The normalized spacial score (nSPS) is 38.9. The molecule has 1 aliphatic carbocycles. The van der Waals surface area contributed by atoms with Crippen LogP contribution in [0.2, 0.25) is 0 Å². The molecule has 0 radical (unpaired) electrons. The number of hydrogen-bond donors (Lipinski definition) is 1. The van der Waals surface area contributed by atoms with E-state index in [2.05, 4.69) is 6.92 Å². The zero-order valence-corrected chi connectivity index (χ0v) is 6.49. The second-order valence-corrected chi connectivity index (χ2v) is 4.19. The van der Waals surface area contributed by atoms with Crippen molar-refractivity contribution in [2.45, 2.75) is 31.4 Å². The van der Waals surface area contributed by atoms with Crippen LogP contribution in [-0.2, 0) is 11.0 Å². The number of nitrogens with two attached hydrogens (primary N) is 1. The van der Waals surface area contributed by atoms with Crippen LogP contribution in [0.25, 0.3) is 0 Å². The Kier molecular flexibility index (Phi) is 2.24. The summed E-state index contributed by atoms with van der Waals surface area (Å²) >= 11 is 0. The predicted molar refractivity (Wildman–Crippen MR) is 39.1 cm³/mol. The minimum atomic E-state index is -1.06. The maximum absolute atomic E-state index is 10.7. The predicted octanol–water partition coefficient (Wildman–Crippen LogP) is 0.797. The molecule has 2 nitrogen and oxygen atoms in total. The summed E-state index contributed by atoms with van der Waals surface area (Å²) in [6.07, 6.45) is 3.32. The Hall–Kier alpha value is 0.110. The van der Waals surface area contributed by atoms with Gasteiger partial charge < -0.3 is 0 Å². The Bertz CT molecular complexity index is 126. The molecule has 3 heteroatoms. The van der Waals surface area contributed by atoms with Crippen molar-refractivity contribution < 1.29 is 4.21 Å². The lowest BCUT2D eigenvalue weighted by atomic mass is 10.1. The first-order chi connectivity index (χ1) is 4.20. The van der Waals surface area contributed by atoms with E-state index >= 15 is 0 Å². The van der Waals surface area contributed by atoms with Crippen molar-refractivity contribution in [1.82, 2.24) is 0 Å². The molecule has 0 aliphatic heterocycles. The molecular formula is C6H13NOS. The highest BCUT2D eigenvalue weighted by Gasteiger charge is 2.24. The summed E-state index contributed by atoms with van der Waals surface area (Å²) in [7, 11) is -1.06. The quantitative estimate of drug-likeness (QED) is 0.585. The van der Waals surface area contributed by atoms with Gasteiger partial charge in [0, 0.05) is 5.25 Å². The molecule has 0 amide bonds. The van der Waals surface area contributed by atoms with E-state index in [-0.39, 0.29) is 0 Å². The van der Waals surface area contributed by atoms with Gasteiger partial charge in [0.05, 0.1) is 11.0 Å². The highest BCUT2D eigenvalue weighted by molar-refractivity contribution is 7.83. The van der Waals surface area contributed by atoms with Crippen LogP contribution in [0, 0.1) is 5.92 Å². The maximum atomic E-state index is 10.7. The van der Waals surface area contributed by atoms with Crippen molar-refractivity contribution in [2.75, 3.05) is 0 Å². The minimum Gasteiger partial charge on any atom is -0.252 e. The second kappa shape index (κ2) is 2.80. The first-order valence-corrected chi connectivity index (χ1v) is 4.62. The summed E-state index contributed by atoms with van der Waals surface area (Å²) in [5, 5.41) is 5.52. The highest BCUT2D eigenvalue weighted by atomic mass is 32.2. The lowest BCUT2D eigenvalue weighted by molar-refractivity contribution is 0.610. The van der Waals surface area contributed by atoms with Gasteiger partial charge in [0.25, 0.3) is 0 Å². The smallest absolute Gasteiger partial charge is 0.0919 e. The molecule has 0 aromatic carbocycles. The third-order valence-electron chi connectivity index (χ3n) is 1.98. The molecule has 3 atom stereocenters. The maximum Gasteiger partial charge on any atom is 0.0919 e. The molecular weight excluding hydrogens is 134 g/mol. The van der Waals surface area contributed by atoms with Crippen LogP contribution < -0.4 is 5.14 Å². The first kappa shape index (κ1) is 7.22. The standard InChI is InChI=1S/C6H13NOS/c1-5-2-3-6(4-5)9(7)8/h5-6H,2-4,7H2,1H3. The van der Waals surface area contributed by atoms with E-state index in [0.29, 0.717) is 5.25 Å². The van der Waals surface area contributed by atoms with E-state index < -0.39 is 11.0 Å². The van der Waals surface area contributed by atoms with E-state index in [4.69, 9.17) is 5.14 Å². The Morgan fingerprint density at radius 3 is 2.44 bits per heavy atom. The van der Waals surface area contributed by atoms with Crippen LogP contribution in [-0.4, -0.2) is 9.46 Å². The molecule has 3 unspecified atom stereocenters. The summed E-state index contributed by atoms with van der Waals surface area (Å²) in [6, 6.07) is 0. The van der Waals surface area contributed by atoms with Crippen molar-refractivity contribution in [3.05, 3.63) is 0 Å². The van der Waals surface area contributed by atoms with Gasteiger partial charge in [0.1, 0.15) is 0 Å². The van der Waals surface area contributed by atoms with Crippen LogP contribution >= 0.6 is 0 Å². The zero-order chi connectivity index (χ0) is 6.85. The zero-order valence-electron chi connectivity index (χ0n) is 5.67. The van der Waals surface area contributed by atoms with Gasteiger partial charge in [-0.1, -0.05) is 6.92 Å². The summed E-state index contributed by atoms with van der Waals surface area (Å²) in [4.78, 5) is 0. The molecule has 0 heterocycles. The van der Waals surface area contributed by atoms with E-state index in [1.807, 2.05) is 0 Å². The Morgan fingerprint density at radius 2 is 2.22 bits per heavy atom. The third kappa shape index (κ3) is 1.76. The van der Waals surface area contributed by atoms with Gasteiger partial charge >= 0.3 is 0 Å². The molecule has 0 spiro atoms. The summed E-state index contributed by atoms with van der Waals surface area (Å²) in [5.74, 6) is 0.738. The van der Waals surface area contributed by atoms with Gasteiger partial charge in [-0.2, -0.15) is 0 Å². The Balaban J connectivity index is 2.39. The Morgan fingerprint density at radius 1 is 1.56 bits per heavy atom. The molecule has 1 aliphatic rings. The molecule has 1 saturated carbocycles. The van der Waals surface area contributed by atoms with E-state index in [0.717, 1.165) is 18.8 Å². The van der Waals surface area contributed by atoms with Crippen LogP contribution in [0.5, 0.6) is 0 Å². The van der Waals surface area contributed by atoms with E-state index in [9.17, 15) is 4.21 Å². The molecule has 2 N–H and O–H groups in total. The average Bonchev–Trinajstić information content (AvgIpc) is 2.14. The summed E-state index contributed by atoms with van der Waals surface area (Å²) in [5.41, 5.74) is 0. The summed E-state index contributed by atoms with van der Waals surface area (Å²) in [6.45, 7) is 2.19. The fraction of sp³-hybridized carbons (Fsp3) is 1.00. The molecule has 0 aromatic heterocycles. The largest absolute Gasteiger partial charge is 0.252 e. The van der Waals surface area contributed by atoms with Gasteiger partial charge in [-0.3, -0.25) is 5.14 Å². The van der Waals surface area contributed by atoms with Gasteiger partial charge in [-0.25, -0.2) is 4.21 Å². The second-order valence-electron chi connectivity index (χ2n) is 2.87. The Labute approximate surface area is 58.4 Å². The minimum absolute atomic E-state index is 0.292. The lowest BCUT2D eigenvalue weighted by Crippen LogP contribution is -2.18. The van der Waals surface area contributed by atoms with Gasteiger partial charge in [-0.05, 0) is 25.2 Å². The van der Waals surface area contributed by atoms with Crippen LogP contribution in [0.4, 0.5) is 0 Å². The fourth-order valence-electron chi connectivity index (χ4n) is 1.37. The van der Waals surface area contributed by atoms with Crippen LogP contribution in [0.15, 0.2) is 0 Å². The molecule has 0 aromatic rings. The van der Waals surface area contributed by atoms with Crippen LogP contribution in [0.3, 0.4) is 0 Å². The molecule has 1 rings (SSSR count). The van der Waals surface area contributed by atoms with Crippen molar-refractivity contribution in [3.63, 3.8) is 0 Å². The van der Waals surface area contributed by atoms with Crippen molar-refractivity contribution in [2.24, 2.45) is 11.1 Å². The molecule has 9 heavy (non-hydrogen) atoms. The molecule has 0 bridgehead atoms. The highest BCUT2D eigenvalue weighted by Crippen LogP contribution is 2.26. The van der Waals surface area contributed by atoms with Crippen molar-refractivity contribution >= 4 is 11.0 Å². The van der Waals surface area contributed by atoms with E-state index in [1.165, 1.54) is 6.42 Å².